The molecule has 0 aliphatic rings. The van der Waals surface area contributed by atoms with Gasteiger partial charge in [0, 0.05) is 71.1 Å². The summed E-state index contributed by atoms with van der Waals surface area (Å²) in [5.74, 6) is 1.93. The Bertz CT molecular complexity index is 3060. The summed E-state index contributed by atoms with van der Waals surface area (Å²) in [5, 5.41) is 25.4. The quantitative estimate of drug-likeness (QED) is 0.114. The number of aromatic nitrogens is 8. The fourth-order valence-corrected chi connectivity index (χ4v) is 8.97. The molecule has 0 radical (unpaired) electrons. The van der Waals surface area contributed by atoms with Crippen molar-refractivity contribution in [2.75, 3.05) is 16.9 Å². The van der Waals surface area contributed by atoms with Crippen molar-refractivity contribution in [3.63, 3.8) is 0 Å². The standard InChI is InChI=1S/C20H15N5O2S2.C20H15N5S/c1-29(26,27)20-21-7-6-18(24-20)23-14-8-13-11-22-25-19(13)15(10-14)17-9-12-4-2-3-5-16(12)28-17;1-12-21-7-6-19(23-12)24-15-8-14-11-22-25-20(14)16(10-15)18-9-13-4-2-3-5-17(13)26-18/h2-11H,1H3,(H,22,25)(H,21,23,24);2-11H,1H3,(H,22,25)(H,21,23,24). The van der Waals surface area contributed by atoms with Crippen LogP contribution in [-0.2, 0) is 9.84 Å². The van der Waals surface area contributed by atoms with Crippen LogP contribution in [0.4, 0.5) is 23.0 Å². The average molecular weight is 779 g/mol. The fraction of sp³-hybridized carbons (Fsp3) is 0.0500. The van der Waals surface area contributed by atoms with Gasteiger partial charge in [-0.25, -0.2) is 28.4 Å². The van der Waals surface area contributed by atoms with E-state index in [1.54, 1.807) is 41.1 Å². The van der Waals surface area contributed by atoms with Gasteiger partial charge in [-0.05, 0) is 78.4 Å². The number of hydrogen-bond acceptors (Lipinski definition) is 12. The average Bonchev–Trinajstić information content (AvgIpc) is 4.00. The van der Waals surface area contributed by atoms with Gasteiger partial charge in [-0.15, -0.1) is 22.7 Å². The van der Waals surface area contributed by atoms with Crippen molar-refractivity contribution in [2.24, 2.45) is 0 Å². The van der Waals surface area contributed by atoms with Crippen LogP contribution in [0.3, 0.4) is 0 Å². The number of rotatable bonds is 7. The van der Waals surface area contributed by atoms with Crippen molar-refractivity contribution < 1.29 is 8.42 Å². The molecule has 12 nitrogen and oxygen atoms in total. The SMILES string of the molecule is CS(=O)(=O)c1nccc(Nc2cc(-c3cc4ccccc4s3)c3[nH]ncc3c2)n1.Cc1nccc(Nc2cc(-c3cc4ccccc4s3)c3[nH]ncc3c2)n1. The zero-order chi connectivity index (χ0) is 37.5. The van der Waals surface area contributed by atoms with Crippen molar-refractivity contribution in [1.29, 1.82) is 0 Å². The van der Waals surface area contributed by atoms with Gasteiger partial charge in [0.1, 0.15) is 17.5 Å². The Hall–Kier alpha value is -6.55. The number of nitrogens with one attached hydrogen (secondary N) is 4. The molecule has 0 aliphatic carbocycles. The molecule has 0 saturated carbocycles. The molecular weight excluding hydrogens is 749 g/mol. The highest BCUT2D eigenvalue weighted by Gasteiger charge is 2.15. The van der Waals surface area contributed by atoms with Gasteiger partial charge < -0.3 is 10.6 Å². The summed E-state index contributed by atoms with van der Waals surface area (Å²) in [4.78, 5) is 18.8. The minimum atomic E-state index is -3.48. The van der Waals surface area contributed by atoms with Crippen molar-refractivity contribution in [2.45, 2.75) is 12.1 Å². The van der Waals surface area contributed by atoms with Crippen LogP contribution in [0.1, 0.15) is 5.82 Å². The van der Waals surface area contributed by atoms with Gasteiger partial charge in [0.25, 0.3) is 0 Å². The maximum absolute atomic E-state index is 11.7. The van der Waals surface area contributed by atoms with Crippen LogP contribution in [0.5, 0.6) is 0 Å². The van der Waals surface area contributed by atoms with Crippen molar-refractivity contribution in [1.82, 2.24) is 40.3 Å². The molecule has 0 saturated heterocycles. The van der Waals surface area contributed by atoms with E-state index in [2.05, 4.69) is 112 Å². The zero-order valence-electron chi connectivity index (χ0n) is 29.3. The summed E-state index contributed by atoms with van der Waals surface area (Å²) in [6, 6.07) is 32.7. The van der Waals surface area contributed by atoms with Crippen LogP contribution in [0, 0.1) is 6.92 Å². The van der Waals surface area contributed by atoms with Crippen LogP contribution in [-0.4, -0.2) is 55.0 Å². The first-order chi connectivity index (χ1) is 26.7. The molecule has 10 aromatic rings. The van der Waals surface area contributed by atoms with E-state index in [0.29, 0.717) is 5.82 Å². The number of nitrogens with zero attached hydrogens (tertiary/aromatic N) is 6. The molecule has 0 aliphatic heterocycles. The number of fused-ring (bicyclic) bond motifs is 4. The molecular formula is C40H30N10O2S3. The molecule has 6 heterocycles. The van der Waals surface area contributed by atoms with Crippen LogP contribution in [0.15, 0.2) is 127 Å². The monoisotopic (exact) mass is 778 g/mol. The van der Waals surface area contributed by atoms with E-state index in [-0.39, 0.29) is 5.16 Å². The Balaban J connectivity index is 0.000000145. The summed E-state index contributed by atoms with van der Waals surface area (Å²) in [5.41, 5.74) is 5.90. The van der Waals surface area contributed by atoms with E-state index < -0.39 is 9.84 Å². The lowest BCUT2D eigenvalue weighted by molar-refractivity contribution is 0.593. The van der Waals surface area contributed by atoms with Crippen LogP contribution in [0.25, 0.3) is 62.9 Å². The second-order valence-corrected chi connectivity index (χ2v) is 16.8. The number of sulfone groups is 1. The topological polar surface area (TPSA) is 167 Å². The van der Waals surface area contributed by atoms with Crippen molar-refractivity contribution in [3.8, 4) is 20.9 Å². The number of benzene rings is 4. The normalized spacial score (nSPS) is 11.6. The molecule has 15 heteroatoms. The second-order valence-electron chi connectivity index (χ2n) is 12.7. The molecule has 6 aromatic heterocycles. The number of aryl methyl sites for hydroxylation is 1. The Kier molecular flexibility index (Phi) is 8.73. The molecule has 55 heavy (non-hydrogen) atoms. The first-order valence-electron chi connectivity index (χ1n) is 17.0. The molecule has 10 rings (SSSR count). The van der Waals surface area contributed by atoms with Gasteiger partial charge in [0.2, 0.25) is 15.0 Å². The third-order valence-corrected chi connectivity index (χ3v) is 11.9. The third kappa shape index (κ3) is 7.11. The van der Waals surface area contributed by atoms with E-state index in [1.807, 2.05) is 43.5 Å². The Morgan fingerprint density at radius 2 is 1.11 bits per heavy atom. The highest BCUT2D eigenvalue weighted by molar-refractivity contribution is 7.90. The number of hydrogen-bond donors (Lipinski definition) is 4. The summed E-state index contributed by atoms with van der Waals surface area (Å²) in [6.07, 6.45) is 7.88. The molecule has 0 amide bonds. The highest BCUT2D eigenvalue weighted by Crippen LogP contribution is 2.40. The molecule has 4 aromatic carbocycles. The predicted octanol–water partition coefficient (Wildman–Crippen LogP) is 9.67. The molecule has 0 atom stereocenters. The summed E-state index contributed by atoms with van der Waals surface area (Å²) in [7, 11) is -3.48. The van der Waals surface area contributed by atoms with Gasteiger partial charge in [-0.3, -0.25) is 10.2 Å². The lowest BCUT2D eigenvalue weighted by Crippen LogP contribution is -2.05. The largest absolute Gasteiger partial charge is 0.340 e. The minimum absolute atomic E-state index is 0.211. The first-order valence-corrected chi connectivity index (χ1v) is 20.5. The van der Waals surface area contributed by atoms with Crippen LogP contribution in [0.2, 0.25) is 0 Å². The van der Waals surface area contributed by atoms with Gasteiger partial charge in [-0.1, -0.05) is 36.4 Å². The lowest BCUT2D eigenvalue weighted by Gasteiger charge is -2.09. The predicted molar refractivity (Wildman–Crippen MR) is 222 cm³/mol. The van der Waals surface area contributed by atoms with Gasteiger partial charge in [0.05, 0.1) is 23.4 Å². The van der Waals surface area contributed by atoms with E-state index in [4.69, 9.17) is 0 Å². The Morgan fingerprint density at radius 1 is 0.600 bits per heavy atom. The van der Waals surface area contributed by atoms with Gasteiger partial charge >= 0.3 is 0 Å². The third-order valence-electron chi connectivity index (χ3n) is 8.77. The highest BCUT2D eigenvalue weighted by atomic mass is 32.2. The summed E-state index contributed by atoms with van der Waals surface area (Å²) >= 11 is 3.49. The number of anilines is 4. The van der Waals surface area contributed by atoms with Gasteiger partial charge in [-0.2, -0.15) is 10.2 Å². The summed E-state index contributed by atoms with van der Waals surface area (Å²) in [6.45, 7) is 1.88. The molecule has 4 N–H and O–H groups in total. The maximum atomic E-state index is 11.7. The fourth-order valence-electron chi connectivity index (χ4n) is 6.29. The zero-order valence-corrected chi connectivity index (χ0v) is 31.7. The van der Waals surface area contributed by atoms with Crippen molar-refractivity contribution in [3.05, 3.63) is 128 Å². The molecule has 0 bridgehead atoms. The number of H-pyrrole nitrogens is 2. The molecule has 0 spiro atoms. The molecule has 0 fully saturated rings. The number of thiophene rings is 2. The smallest absolute Gasteiger partial charge is 0.248 e. The van der Waals surface area contributed by atoms with Crippen LogP contribution >= 0.6 is 22.7 Å². The van der Waals surface area contributed by atoms with E-state index >= 15 is 0 Å². The van der Waals surface area contributed by atoms with E-state index in [1.165, 1.54) is 31.2 Å². The Labute approximate surface area is 322 Å². The summed E-state index contributed by atoms with van der Waals surface area (Å²) < 4.78 is 26.0. The maximum Gasteiger partial charge on any atom is 0.248 e. The van der Waals surface area contributed by atoms with E-state index in [0.717, 1.165) is 67.1 Å². The molecule has 270 valence electrons. The van der Waals surface area contributed by atoms with E-state index in [9.17, 15) is 8.42 Å². The van der Waals surface area contributed by atoms with Crippen LogP contribution < -0.4 is 10.6 Å². The van der Waals surface area contributed by atoms with Gasteiger partial charge in [0.15, 0.2) is 0 Å². The van der Waals surface area contributed by atoms with Crippen molar-refractivity contribution >= 4 is 97.5 Å². The Morgan fingerprint density at radius 3 is 1.62 bits per heavy atom. The number of aromatic amines is 2. The minimum Gasteiger partial charge on any atom is -0.340 e. The lowest BCUT2D eigenvalue weighted by atomic mass is 10.1. The first kappa shape index (κ1) is 34.2. The second kappa shape index (κ2) is 14.0. The molecule has 0 unspecified atom stereocenters.